The number of likely N-dealkylation sites (tertiary alicyclic amines) is 1. The maximum atomic E-state index is 12.2. The Balaban J connectivity index is 2.05. The molecule has 3 nitrogen and oxygen atoms in total. The van der Waals surface area contributed by atoms with Crippen LogP contribution >= 0.6 is 0 Å². The molecule has 1 aliphatic rings. The molecular formula is C14H22N2O. The summed E-state index contributed by atoms with van der Waals surface area (Å²) in [6.07, 6.45) is 1.21. The third kappa shape index (κ3) is 2.60. The van der Waals surface area contributed by atoms with Crippen molar-refractivity contribution in [1.29, 1.82) is 0 Å². The maximum Gasteiger partial charge on any atom is 0.178 e. The normalized spacial score (nSPS) is 25.4. The van der Waals surface area contributed by atoms with Gasteiger partial charge in [0, 0.05) is 29.5 Å². The van der Waals surface area contributed by atoms with Gasteiger partial charge in [0.2, 0.25) is 0 Å². The van der Waals surface area contributed by atoms with E-state index in [0.29, 0.717) is 18.5 Å². The van der Waals surface area contributed by atoms with E-state index in [1.807, 2.05) is 19.9 Å². The first-order valence-electron chi connectivity index (χ1n) is 6.41. The van der Waals surface area contributed by atoms with Crippen LogP contribution in [-0.2, 0) is 0 Å². The largest absolute Gasteiger partial charge is 0.362 e. The van der Waals surface area contributed by atoms with Crippen molar-refractivity contribution >= 4 is 5.78 Å². The lowest BCUT2D eigenvalue weighted by molar-refractivity contribution is 0.0924. The van der Waals surface area contributed by atoms with Gasteiger partial charge in [-0.2, -0.15) is 0 Å². The number of hydrogen-bond acceptors (Lipinski definition) is 2. The molecule has 0 spiro atoms. The van der Waals surface area contributed by atoms with E-state index < -0.39 is 0 Å². The van der Waals surface area contributed by atoms with E-state index >= 15 is 0 Å². The Kier molecular flexibility index (Phi) is 3.38. The van der Waals surface area contributed by atoms with Crippen molar-refractivity contribution in [2.75, 3.05) is 13.1 Å². The van der Waals surface area contributed by atoms with Crippen LogP contribution in [0.3, 0.4) is 0 Å². The average molecular weight is 234 g/mol. The second-order valence-corrected chi connectivity index (χ2v) is 5.53. The summed E-state index contributed by atoms with van der Waals surface area (Å²) in [5.74, 6) is 0.958. The standard InChI is InChI=1S/C14H22N2O/c1-9-5-11(3)16(7-9)8-14(17)13-6-10(2)15-12(13)4/h6,9,11,15H,5,7-8H2,1-4H3. The Labute approximate surface area is 103 Å². The molecule has 1 fully saturated rings. The van der Waals surface area contributed by atoms with Crippen LogP contribution in [0.2, 0.25) is 0 Å². The molecule has 2 heterocycles. The summed E-state index contributed by atoms with van der Waals surface area (Å²) in [5, 5.41) is 0. The molecule has 2 unspecified atom stereocenters. The smallest absolute Gasteiger partial charge is 0.178 e. The van der Waals surface area contributed by atoms with E-state index in [9.17, 15) is 4.79 Å². The summed E-state index contributed by atoms with van der Waals surface area (Å²) < 4.78 is 0. The second-order valence-electron chi connectivity index (χ2n) is 5.53. The monoisotopic (exact) mass is 234 g/mol. The first-order chi connectivity index (χ1) is 7.97. The Morgan fingerprint density at radius 3 is 2.65 bits per heavy atom. The molecule has 0 aromatic carbocycles. The zero-order valence-corrected chi connectivity index (χ0v) is 11.2. The third-order valence-corrected chi connectivity index (χ3v) is 3.71. The Bertz CT molecular complexity index is 422. The van der Waals surface area contributed by atoms with Gasteiger partial charge in [-0.15, -0.1) is 0 Å². The molecule has 0 amide bonds. The topological polar surface area (TPSA) is 36.1 Å². The van der Waals surface area contributed by atoms with Gasteiger partial charge in [-0.05, 0) is 39.2 Å². The summed E-state index contributed by atoms with van der Waals surface area (Å²) in [5.41, 5.74) is 2.91. The number of ketones is 1. The van der Waals surface area contributed by atoms with Gasteiger partial charge in [-0.25, -0.2) is 0 Å². The molecule has 1 saturated heterocycles. The third-order valence-electron chi connectivity index (χ3n) is 3.71. The van der Waals surface area contributed by atoms with Crippen molar-refractivity contribution in [3.05, 3.63) is 23.0 Å². The number of carbonyl (C=O) groups excluding carboxylic acids is 1. The van der Waals surface area contributed by atoms with Crippen LogP contribution in [0.15, 0.2) is 6.07 Å². The van der Waals surface area contributed by atoms with Gasteiger partial charge in [0.05, 0.1) is 6.54 Å². The first kappa shape index (κ1) is 12.4. The van der Waals surface area contributed by atoms with Crippen molar-refractivity contribution in [3.63, 3.8) is 0 Å². The molecule has 94 valence electrons. The minimum Gasteiger partial charge on any atom is -0.362 e. The number of hydrogen-bond donors (Lipinski definition) is 1. The van der Waals surface area contributed by atoms with Crippen LogP contribution < -0.4 is 0 Å². The predicted octanol–water partition coefficient (Wildman–Crippen LogP) is 2.54. The van der Waals surface area contributed by atoms with E-state index in [0.717, 1.165) is 23.5 Å². The number of aromatic amines is 1. The Morgan fingerprint density at radius 2 is 2.18 bits per heavy atom. The van der Waals surface area contributed by atoms with Crippen LogP contribution in [0.5, 0.6) is 0 Å². The van der Waals surface area contributed by atoms with E-state index in [1.165, 1.54) is 6.42 Å². The minimum atomic E-state index is 0.243. The van der Waals surface area contributed by atoms with Gasteiger partial charge < -0.3 is 4.98 Å². The van der Waals surface area contributed by atoms with Gasteiger partial charge >= 0.3 is 0 Å². The van der Waals surface area contributed by atoms with E-state index in [-0.39, 0.29) is 5.78 Å². The highest BCUT2D eigenvalue weighted by molar-refractivity contribution is 5.98. The van der Waals surface area contributed by atoms with Crippen LogP contribution in [0.1, 0.15) is 42.0 Å². The van der Waals surface area contributed by atoms with E-state index in [4.69, 9.17) is 0 Å². The molecule has 2 rings (SSSR count). The highest BCUT2D eigenvalue weighted by atomic mass is 16.1. The maximum absolute atomic E-state index is 12.2. The van der Waals surface area contributed by atoms with Crippen LogP contribution in [0.25, 0.3) is 0 Å². The summed E-state index contributed by atoms with van der Waals surface area (Å²) in [4.78, 5) is 17.7. The Morgan fingerprint density at radius 1 is 1.47 bits per heavy atom. The van der Waals surface area contributed by atoms with Crippen molar-refractivity contribution in [3.8, 4) is 0 Å². The molecule has 0 aliphatic carbocycles. The van der Waals surface area contributed by atoms with Crippen molar-refractivity contribution in [2.24, 2.45) is 5.92 Å². The quantitative estimate of drug-likeness (QED) is 0.816. The molecule has 0 bridgehead atoms. The van der Waals surface area contributed by atoms with Gasteiger partial charge in [0.25, 0.3) is 0 Å². The molecule has 0 saturated carbocycles. The van der Waals surface area contributed by atoms with Crippen molar-refractivity contribution in [2.45, 2.75) is 40.2 Å². The molecule has 3 heteroatoms. The lowest BCUT2D eigenvalue weighted by Crippen LogP contribution is -2.32. The number of carbonyl (C=O) groups is 1. The van der Waals surface area contributed by atoms with Crippen molar-refractivity contribution in [1.82, 2.24) is 9.88 Å². The zero-order chi connectivity index (χ0) is 12.6. The number of rotatable bonds is 3. The van der Waals surface area contributed by atoms with Gasteiger partial charge in [0.1, 0.15) is 0 Å². The number of Topliss-reactive ketones (excluding diaryl/α,β-unsaturated/α-hetero) is 1. The minimum absolute atomic E-state index is 0.243. The van der Waals surface area contributed by atoms with Gasteiger partial charge in [0.15, 0.2) is 5.78 Å². The number of H-pyrrole nitrogens is 1. The number of aromatic nitrogens is 1. The fourth-order valence-electron chi connectivity index (χ4n) is 2.89. The number of aryl methyl sites for hydroxylation is 2. The summed E-state index contributed by atoms with van der Waals surface area (Å²) in [6.45, 7) is 10.0. The highest BCUT2D eigenvalue weighted by Crippen LogP contribution is 2.22. The van der Waals surface area contributed by atoms with Gasteiger partial charge in [-0.3, -0.25) is 9.69 Å². The van der Waals surface area contributed by atoms with Crippen LogP contribution in [-0.4, -0.2) is 34.8 Å². The zero-order valence-electron chi connectivity index (χ0n) is 11.2. The van der Waals surface area contributed by atoms with Crippen LogP contribution in [0.4, 0.5) is 0 Å². The molecule has 1 aliphatic heterocycles. The number of nitrogens with one attached hydrogen (secondary N) is 1. The fraction of sp³-hybridized carbons (Fsp3) is 0.643. The molecule has 17 heavy (non-hydrogen) atoms. The molecule has 2 atom stereocenters. The summed E-state index contributed by atoms with van der Waals surface area (Å²) in [6, 6.07) is 2.50. The molecule has 1 N–H and O–H groups in total. The van der Waals surface area contributed by atoms with Gasteiger partial charge in [-0.1, -0.05) is 6.92 Å². The molecule has 0 radical (unpaired) electrons. The number of nitrogens with zero attached hydrogens (tertiary/aromatic N) is 1. The molecule has 1 aromatic heterocycles. The first-order valence-corrected chi connectivity index (χ1v) is 6.41. The lowest BCUT2D eigenvalue weighted by atomic mass is 10.1. The summed E-state index contributed by atoms with van der Waals surface area (Å²) >= 11 is 0. The predicted molar refractivity (Wildman–Crippen MR) is 69.4 cm³/mol. The van der Waals surface area contributed by atoms with Crippen molar-refractivity contribution < 1.29 is 4.79 Å². The SMILES string of the molecule is Cc1cc(C(=O)CN2CC(C)CC2C)c(C)[nH]1. The molecular weight excluding hydrogens is 212 g/mol. The van der Waals surface area contributed by atoms with E-state index in [1.54, 1.807) is 0 Å². The summed E-state index contributed by atoms with van der Waals surface area (Å²) in [7, 11) is 0. The second kappa shape index (κ2) is 4.65. The highest BCUT2D eigenvalue weighted by Gasteiger charge is 2.28. The lowest BCUT2D eigenvalue weighted by Gasteiger charge is -2.19. The fourth-order valence-corrected chi connectivity index (χ4v) is 2.89. The van der Waals surface area contributed by atoms with Crippen LogP contribution in [0, 0.1) is 19.8 Å². The average Bonchev–Trinajstić information content (AvgIpc) is 2.70. The molecule has 1 aromatic rings. The van der Waals surface area contributed by atoms with E-state index in [2.05, 4.69) is 23.7 Å². The Hall–Kier alpha value is -1.09.